The number of hydrogen-bond donors (Lipinski definition) is 1. The Balaban J connectivity index is 1.73. The van der Waals surface area contributed by atoms with Gasteiger partial charge in [0.15, 0.2) is 0 Å². The number of rotatable bonds is 7. The number of carbonyl (C=O) groups excluding carboxylic acids is 2. The first-order valence-electron chi connectivity index (χ1n) is 10.7. The van der Waals surface area contributed by atoms with Gasteiger partial charge in [-0.3, -0.25) is 14.5 Å². The van der Waals surface area contributed by atoms with Gasteiger partial charge < -0.3 is 19.5 Å². The summed E-state index contributed by atoms with van der Waals surface area (Å²) in [5.74, 6) is 1.37. The van der Waals surface area contributed by atoms with Crippen molar-refractivity contribution in [2.75, 3.05) is 37.3 Å². The zero-order chi connectivity index (χ0) is 24.2. The van der Waals surface area contributed by atoms with Crippen LogP contribution in [0.5, 0.6) is 17.2 Å². The number of thioether (sulfide) groups is 1. The molecular weight excluding hydrogens is 452 g/mol. The molecule has 7 nitrogen and oxygen atoms in total. The Morgan fingerprint density at radius 3 is 2.29 bits per heavy atom. The van der Waals surface area contributed by atoms with Crippen LogP contribution in [0.1, 0.15) is 26.9 Å². The zero-order valence-electron chi connectivity index (χ0n) is 19.5. The third-order valence-electron chi connectivity index (χ3n) is 5.59. The lowest BCUT2D eigenvalue weighted by atomic mass is 10.1. The summed E-state index contributed by atoms with van der Waals surface area (Å²) < 4.78 is 16.3. The maximum atomic E-state index is 13.3. The number of ether oxygens (including phenoxy) is 3. The van der Waals surface area contributed by atoms with Gasteiger partial charge in [-0.25, -0.2) is 0 Å². The number of methoxy groups -OCH3 is 3. The first kappa shape index (κ1) is 23.5. The van der Waals surface area contributed by atoms with E-state index >= 15 is 0 Å². The number of anilines is 2. The fourth-order valence-electron chi connectivity index (χ4n) is 3.99. The van der Waals surface area contributed by atoms with Crippen LogP contribution in [0.2, 0.25) is 0 Å². The second-order valence-corrected chi connectivity index (χ2v) is 8.75. The molecule has 3 aromatic carbocycles. The Labute approximate surface area is 203 Å². The molecule has 34 heavy (non-hydrogen) atoms. The number of para-hydroxylation sites is 1. The average molecular weight is 479 g/mol. The summed E-state index contributed by atoms with van der Waals surface area (Å²) >= 11 is 1.50. The number of amides is 2. The van der Waals surface area contributed by atoms with Crippen LogP contribution >= 0.6 is 11.8 Å². The topological polar surface area (TPSA) is 77.1 Å². The first-order chi connectivity index (χ1) is 16.5. The highest BCUT2D eigenvalue weighted by atomic mass is 32.2. The average Bonchev–Trinajstić information content (AvgIpc) is 3.24. The van der Waals surface area contributed by atoms with Gasteiger partial charge in [0.05, 0.1) is 32.8 Å². The normalized spacial score (nSPS) is 15.2. The van der Waals surface area contributed by atoms with Crippen LogP contribution in [0, 0.1) is 6.92 Å². The van der Waals surface area contributed by atoms with Crippen molar-refractivity contribution in [1.29, 1.82) is 0 Å². The molecule has 0 spiro atoms. The Kier molecular flexibility index (Phi) is 6.98. The Morgan fingerprint density at radius 1 is 0.941 bits per heavy atom. The van der Waals surface area contributed by atoms with E-state index in [4.69, 9.17) is 14.2 Å². The van der Waals surface area contributed by atoms with Gasteiger partial charge in [0.25, 0.3) is 5.91 Å². The fraction of sp³-hybridized carbons (Fsp3) is 0.231. The summed E-state index contributed by atoms with van der Waals surface area (Å²) in [5.41, 5.74) is 3.43. The minimum absolute atomic E-state index is 0.0218. The molecule has 4 rings (SSSR count). The number of benzene rings is 3. The maximum Gasteiger partial charge on any atom is 0.263 e. The van der Waals surface area contributed by atoms with Crippen LogP contribution in [0.15, 0.2) is 60.7 Å². The third kappa shape index (κ3) is 4.41. The minimum atomic E-state index is -0.365. The molecule has 1 N–H and O–H groups in total. The number of hydrogen-bond acceptors (Lipinski definition) is 6. The van der Waals surface area contributed by atoms with E-state index in [-0.39, 0.29) is 17.2 Å². The molecule has 0 aromatic heterocycles. The molecule has 0 saturated carbocycles. The van der Waals surface area contributed by atoms with E-state index < -0.39 is 0 Å². The standard InChI is InChI=1S/C26H26N2O5S/c1-16-12-13-20(31-2)19(14-16)28-23(29)15-34-26(28)17-8-5-6-9-18(17)27-25(30)24-21(32-3)10-7-11-22(24)33-4/h5-14,26H,15H2,1-4H3,(H,27,30)/t26-/m1/s1. The highest BCUT2D eigenvalue weighted by molar-refractivity contribution is 8.00. The van der Waals surface area contributed by atoms with Gasteiger partial charge in [0.2, 0.25) is 5.91 Å². The van der Waals surface area contributed by atoms with E-state index in [0.29, 0.717) is 39.9 Å². The highest BCUT2D eigenvalue weighted by Gasteiger charge is 2.37. The molecule has 0 radical (unpaired) electrons. The molecule has 3 aromatic rings. The van der Waals surface area contributed by atoms with E-state index in [1.165, 1.54) is 26.0 Å². The van der Waals surface area contributed by atoms with Gasteiger partial charge in [-0.2, -0.15) is 0 Å². The van der Waals surface area contributed by atoms with Crippen molar-refractivity contribution in [2.45, 2.75) is 12.3 Å². The molecule has 2 amide bonds. The van der Waals surface area contributed by atoms with Gasteiger partial charge in [-0.05, 0) is 42.8 Å². The third-order valence-corrected chi connectivity index (χ3v) is 6.79. The summed E-state index contributed by atoms with van der Waals surface area (Å²) in [6.45, 7) is 1.97. The predicted molar refractivity (Wildman–Crippen MR) is 134 cm³/mol. The van der Waals surface area contributed by atoms with E-state index in [9.17, 15) is 9.59 Å². The van der Waals surface area contributed by atoms with Crippen molar-refractivity contribution in [3.8, 4) is 17.2 Å². The van der Waals surface area contributed by atoms with Gasteiger partial charge in [0, 0.05) is 11.3 Å². The Hall–Kier alpha value is -3.65. The van der Waals surface area contributed by atoms with Crippen molar-refractivity contribution in [3.63, 3.8) is 0 Å². The van der Waals surface area contributed by atoms with Crippen molar-refractivity contribution in [2.24, 2.45) is 0 Å². The number of aryl methyl sites for hydroxylation is 1. The summed E-state index contributed by atoms with van der Waals surface area (Å²) in [6, 6.07) is 18.4. The highest BCUT2D eigenvalue weighted by Crippen LogP contribution is 2.47. The SMILES string of the molecule is COc1ccc(C)cc1N1C(=O)CS[C@@H]1c1ccccc1NC(=O)c1c(OC)cccc1OC. The molecule has 1 atom stereocenters. The lowest BCUT2D eigenvalue weighted by molar-refractivity contribution is -0.115. The Bertz CT molecular complexity index is 1210. The maximum absolute atomic E-state index is 13.3. The lowest BCUT2D eigenvalue weighted by Crippen LogP contribution is -2.29. The van der Waals surface area contributed by atoms with E-state index in [2.05, 4.69) is 5.32 Å². The van der Waals surface area contributed by atoms with E-state index in [1.54, 1.807) is 30.2 Å². The van der Waals surface area contributed by atoms with E-state index in [0.717, 1.165) is 11.1 Å². The second-order valence-electron chi connectivity index (χ2n) is 7.68. The second kappa shape index (κ2) is 10.1. The summed E-state index contributed by atoms with van der Waals surface area (Å²) in [6.07, 6.45) is 0. The van der Waals surface area contributed by atoms with Crippen LogP contribution in [0.4, 0.5) is 11.4 Å². The van der Waals surface area contributed by atoms with Crippen molar-refractivity contribution >= 4 is 35.0 Å². The Morgan fingerprint density at radius 2 is 1.62 bits per heavy atom. The molecule has 1 saturated heterocycles. The minimum Gasteiger partial charge on any atom is -0.496 e. The number of carbonyl (C=O) groups is 2. The fourth-order valence-corrected chi connectivity index (χ4v) is 5.19. The van der Waals surface area contributed by atoms with E-state index in [1.807, 2.05) is 49.4 Å². The molecule has 0 unspecified atom stereocenters. The molecule has 1 fully saturated rings. The smallest absolute Gasteiger partial charge is 0.263 e. The molecule has 176 valence electrons. The largest absolute Gasteiger partial charge is 0.496 e. The molecule has 0 bridgehead atoms. The predicted octanol–water partition coefficient (Wildman–Crippen LogP) is 5.05. The summed E-state index contributed by atoms with van der Waals surface area (Å²) in [7, 11) is 4.60. The monoisotopic (exact) mass is 478 g/mol. The molecular formula is C26H26N2O5S. The van der Waals surface area contributed by atoms with Crippen LogP contribution in [0.3, 0.4) is 0 Å². The summed E-state index contributed by atoms with van der Waals surface area (Å²) in [5, 5.41) is 2.66. The molecule has 1 heterocycles. The van der Waals surface area contributed by atoms with Crippen molar-refractivity contribution in [3.05, 3.63) is 77.4 Å². The lowest BCUT2D eigenvalue weighted by Gasteiger charge is -2.27. The van der Waals surface area contributed by atoms with Crippen molar-refractivity contribution < 1.29 is 23.8 Å². The summed E-state index contributed by atoms with van der Waals surface area (Å²) in [4.78, 5) is 28.1. The molecule has 0 aliphatic carbocycles. The van der Waals surface area contributed by atoms with Gasteiger partial charge >= 0.3 is 0 Å². The van der Waals surface area contributed by atoms with Crippen LogP contribution < -0.4 is 24.4 Å². The van der Waals surface area contributed by atoms with Crippen LogP contribution in [0.25, 0.3) is 0 Å². The number of nitrogens with one attached hydrogen (secondary N) is 1. The molecule has 8 heteroatoms. The quantitative estimate of drug-likeness (QED) is 0.512. The van der Waals surface area contributed by atoms with Gasteiger partial charge in [-0.1, -0.05) is 30.3 Å². The zero-order valence-corrected chi connectivity index (χ0v) is 20.3. The number of nitrogens with zero attached hydrogens (tertiary/aromatic N) is 1. The molecule has 1 aliphatic heterocycles. The van der Waals surface area contributed by atoms with Gasteiger partial charge in [-0.15, -0.1) is 11.8 Å². The first-order valence-corrected chi connectivity index (χ1v) is 11.7. The van der Waals surface area contributed by atoms with Crippen LogP contribution in [-0.2, 0) is 4.79 Å². The van der Waals surface area contributed by atoms with Crippen molar-refractivity contribution in [1.82, 2.24) is 0 Å². The van der Waals surface area contributed by atoms with Gasteiger partial charge in [0.1, 0.15) is 28.2 Å². The van der Waals surface area contributed by atoms with Crippen LogP contribution in [-0.4, -0.2) is 38.9 Å². The molecule has 1 aliphatic rings.